The van der Waals surface area contributed by atoms with Crippen molar-refractivity contribution >= 4 is 29.0 Å². The zero-order valence-electron chi connectivity index (χ0n) is 8.76. The number of carbonyl (C=O) groups excluding carboxylic acids is 2. The predicted molar refractivity (Wildman–Crippen MR) is 61.2 cm³/mol. The topological polar surface area (TPSA) is 77.8 Å². The fourth-order valence-corrected chi connectivity index (χ4v) is 2.03. The van der Waals surface area contributed by atoms with Crippen molar-refractivity contribution in [3.8, 4) is 0 Å². The SMILES string of the molecule is O=C1C(=O)N(CC(O)CO)c2c(Cl)cccc21. The molecule has 0 spiro atoms. The number of aliphatic hydroxyl groups excluding tert-OH is 2. The van der Waals surface area contributed by atoms with Gasteiger partial charge < -0.3 is 15.1 Å². The lowest BCUT2D eigenvalue weighted by Gasteiger charge is -2.19. The van der Waals surface area contributed by atoms with E-state index in [1.807, 2.05) is 0 Å². The van der Waals surface area contributed by atoms with Gasteiger partial charge in [-0.25, -0.2) is 0 Å². The molecule has 1 aromatic carbocycles. The number of nitrogens with zero attached hydrogens (tertiary/aromatic N) is 1. The normalized spacial score (nSPS) is 16.3. The molecule has 0 bridgehead atoms. The van der Waals surface area contributed by atoms with Crippen molar-refractivity contribution in [2.24, 2.45) is 0 Å². The van der Waals surface area contributed by atoms with E-state index >= 15 is 0 Å². The molecule has 1 heterocycles. The number of para-hydroxylation sites is 1. The molecule has 0 radical (unpaired) electrons. The number of amides is 1. The van der Waals surface area contributed by atoms with E-state index in [2.05, 4.69) is 0 Å². The summed E-state index contributed by atoms with van der Waals surface area (Å²) in [5.74, 6) is -1.38. The summed E-state index contributed by atoms with van der Waals surface area (Å²) in [6.07, 6.45) is -1.10. The second kappa shape index (κ2) is 4.44. The standard InChI is InChI=1S/C11H10ClNO4/c12-8-3-1-2-7-9(8)13(4-6(15)5-14)11(17)10(7)16/h1-3,6,14-15H,4-5H2. The van der Waals surface area contributed by atoms with E-state index in [1.165, 1.54) is 6.07 Å². The van der Waals surface area contributed by atoms with Gasteiger partial charge in [-0.1, -0.05) is 17.7 Å². The van der Waals surface area contributed by atoms with Gasteiger partial charge in [0, 0.05) is 0 Å². The highest BCUT2D eigenvalue weighted by atomic mass is 35.5. The third-order valence-corrected chi connectivity index (χ3v) is 2.85. The minimum absolute atomic E-state index is 0.155. The molecule has 1 aliphatic heterocycles. The molecule has 0 saturated carbocycles. The Balaban J connectivity index is 2.43. The first-order valence-electron chi connectivity index (χ1n) is 5.00. The Labute approximate surface area is 102 Å². The van der Waals surface area contributed by atoms with Crippen molar-refractivity contribution in [2.45, 2.75) is 6.10 Å². The maximum Gasteiger partial charge on any atom is 0.299 e. The summed E-state index contributed by atoms with van der Waals surface area (Å²) in [6.45, 7) is -0.643. The quantitative estimate of drug-likeness (QED) is 0.758. The number of rotatable bonds is 3. The molecule has 17 heavy (non-hydrogen) atoms. The van der Waals surface area contributed by atoms with E-state index in [9.17, 15) is 14.7 Å². The summed E-state index contributed by atoms with van der Waals surface area (Å²) in [5, 5.41) is 18.4. The van der Waals surface area contributed by atoms with Gasteiger partial charge in [0.05, 0.1) is 35.5 Å². The number of aliphatic hydroxyl groups is 2. The van der Waals surface area contributed by atoms with Crippen LogP contribution in [0.2, 0.25) is 5.02 Å². The van der Waals surface area contributed by atoms with Crippen molar-refractivity contribution in [1.29, 1.82) is 0 Å². The highest BCUT2D eigenvalue weighted by molar-refractivity contribution is 6.54. The minimum Gasteiger partial charge on any atom is -0.394 e. The van der Waals surface area contributed by atoms with Crippen molar-refractivity contribution in [2.75, 3.05) is 18.1 Å². The Morgan fingerprint density at radius 2 is 2.06 bits per heavy atom. The van der Waals surface area contributed by atoms with Crippen LogP contribution in [0.25, 0.3) is 0 Å². The minimum atomic E-state index is -1.10. The molecule has 6 heteroatoms. The number of ketones is 1. The molecule has 1 atom stereocenters. The van der Waals surface area contributed by atoms with E-state index < -0.39 is 24.4 Å². The first kappa shape index (κ1) is 12.0. The maximum atomic E-state index is 11.7. The second-order valence-corrected chi connectivity index (χ2v) is 4.12. The molecule has 0 fully saturated rings. The number of Topliss-reactive ketones (excluding diaryl/α,β-unsaturated/α-hetero) is 1. The van der Waals surface area contributed by atoms with Crippen LogP contribution in [0.4, 0.5) is 5.69 Å². The molecular weight excluding hydrogens is 246 g/mol. The Morgan fingerprint density at radius 3 is 2.71 bits per heavy atom. The highest BCUT2D eigenvalue weighted by Crippen LogP contribution is 2.35. The zero-order chi connectivity index (χ0) is 12.6. The second-order valence-electron chi connectivity index (χ2n) is 3.72. The number of anilines is 1. The molecule has 0 saturated heterocycles. The predicted octanol–water partition coefficient (Wildman–Crippen LogP) is 0.223. The average Bonchev–Trinajstić information content (AvgIpc) is 2.56. The molecule has 2 rings (SSSR count). The Morgan fingerprint density at radius 1 is 1.35 bits per heavy atom. The van der Waals surface area contributed by atoms with Gasteiger partial charge >= 0.3 is 0 Å². The van der Waals surface area contributed by atoms with Gasteiger partial charge in [0.1, 0.15) is 0 Å². The van der Waals surface area contributed by atoms with Gasteiger partial charge in [0.15, 0.2) is 0 Å². The first-order chi connectivity index (χ1) is 8.06. The van der Waals surface area contributed by atoms with Gasteiger partial charge in [0.25, 0.3) is 11.7 Å². The summed E-state index contributed by atoms with van der Waals surface area (Å²) in [7, 11) is 0. The molecule has 1 aliphatic rings. The van der Waals surface area contributed by atoms with Crippen molar-refractivity contribution in [3.63, 3.8) is 0 Å². The number of hydrogen-bond acceptors (Lipinski definition) is 4. The molecule has 1 unspecified atom stereocenters. The molecule has 5 nitrogen and oxygen atoms in total. The summed E-state index contributed by atoms with van der Waals surface area (Å²) in [4.78, 5) is 24.4. The smallest absolute Gasteiger partial charge is 0.299 e. The van der Waals surface area contributed by atoms with Crippen molar-refractivity contribution in [1.82, 2.24) is 0 Å². The third kappa shape index (κ3) is 1.93. The van der Waals surface area contributed by atoms with Crippen molar-refractivity contribution in [3.05, 3.63) is 28.8 Å². The lowest BCUT2D eigenvalue weighted by Crippen LogP contribution is -2.38. The largest absolute Gasteiger partial charge is 0.394 e. The highest BCUT2D eigenvalue weighted by Gasteiger charge is 2.37. The van der Waals surface area contributed by atoms with E-state index in [-0.39, 0.29) is 17.1 Å². The van der Waals surface area contributed by atoms with Crippen LogP contribution < -0.4 is 4.90 Å². The Hall–Kier alpha value is -1.43. The van der Waals surface area contributed by atoms with Crippen molar-refractivity contribution < 1.29 is 19.8 Å². The Kier molecular flexibility index (Phi) is 3.15. The van der Waals surface area contributed by atoms with E-state index in [0.29, 0.717) is 5.69 Å². The number of benzene rings is 1. The molecule has 2 N–H and O–H groups in total. The van der Waals surface area contributed by atoms with Gasteiger partial charge in [-0.3, -0.25) is 9.59 Å². The van der Waals surface area contributed by atoms with Crippen LogP contribution in [0.15, 0.2) is 18.2 Å². The van der Waals surface area contributed by atoms with Crippen LogP contribution in [-0.2, 0) is 4.79 Å². The summed E-state index contributed by atoms with van der Waals surface area (Å²) >= 11 is 5.93. The van der Waals surface area contributed by atoms with Crippen LogP contribution in [-0.4, -0.2) is 41.2 Å². The van der Waals surface area contributed by atoms with Crippen LogP contribution >= 0.6 is 11.6 Å². The zero-order valence-corrected chi connectivity index (χ0v) is 9.52. The number of fused-ring (bicyclic) bond motifs is 1. The van der Waals surface area contributed by atoms with Crippen LogP contribution in [0.1, 0.15) is 10.4 Å². The number of β-amino-alcohol motifs (C(OH)–C–C–N with tert-alkyl or cyclic N) is 1. The third-order valence-electron chi connectivity index (χ3n) is 2.54. The molecule has 1 amide bonds. The molecule has 0 aromatic heterocycles. The maximum absolute atomic E-state index is 11.7. The van der Waals surface area contributed by atoms with Gasteiger partial charge in [-0.2, -0.15) is 0 Å². The Bertz CT molecular complexity index is 488. The number of carbonyl (C=O) groups is 2. The number of hydrogen-bond donors (Lipinski definition) is 2. The van der Waals surface area contributed by atoms with Gasteiger partial charge in [0.2, 0.25) is 0 Å². The van der Waals surface area contributed by atoms with E-state index in [0.717, 1.165) is 4.90 Å². The fraction of sp³-hybridized carbons (Fsp3) is 0.273. The van der Waals surface area contributed by atoms with E-state index in [1.54, 1.807) is 12.1 Å². The van der Waals surface area contributed by atoms with Crippen LogP contribution in [0.5, 0.6) is 0 Å². The lowest BCUT2D eigenvalue weighted by molar-refractivity contribution is -0.114. The van der Waals surface area contributed by atoms with Gasteiger partial charge in [-0.15, -0.1) is 0 Å². The lowest BCUT2D eigenvalue weighted by atomic mass is 10.1. The molecule has 0 aliphatic carbocycles. The fourth-order valence-electron chi connectivity index (χ4n) is 1.75. The molecule has 90 valence electrons. The van der Waals surface area contributed by atoms with Gasteiger partial charge in [-0.05, 0) is 12.1 Å². The molecular formula is C11H10ClNO4. The summed E-state index contributed by atoms with van der Waals surface area (Å²) in [5.41, 5.74) is 0.532. The van der Waals surface area contributed by atoms with Crippen LogP contribution in [0, 0.1) is 0 Å². The summed E-state index contributed by atoms with van der Waals surface area (Å²) in [6, 6.07) is 4.65. The van der Waals surface area contributed by atoms with Crippen LogP contribution in [0.3, 0.4) is 0 Å². The van der Waals surface area contributed by atoms with E-state index in [4.69, 9.17) is 16.7 Å². The molecule has 1 aromatic rings. The monoisotopic (exact) mass is 255 g/mol. The first-order valence-corrected chi connectivity index (χ1v) is 5.37. The average molecular weight is 256 g/mol. The summed E-state index contributed by atoms with van der Waals surface area (Å²) < 4.78 is 0. The number of halogens is 1.